The van der Waals surface area contributed by atoms with Gasteiger partial charge in [-0.1, -0.05) is 11.6 Å². The first-order valence-corrected chi connectivity index (χ1v) is 9.22. The van der Waals surface area contributed by atoms with Crippen molar-refractivity contribution < 1.29 is 22.7 Å². The number of benzene rings is 1. The zero-order valence-corrected chi connectivity index (χ0v) is 15.8. The highest BCUT2D eigenvalue weighted by molar-refractivity contribution is 7.89. The standard InChI is InChI=1S/C15H17ClN4O5S/c1-8-14(9(2)20(3)19-8)18-13(21)7-25-15(22)11-6-10(26(17,23)24)4-5-12(11)16/h4-6H,7H2,1-3H3,(H,18,21)(H2,17,23,24). The van der Waals surface area contributed by atoms with Crippen molar-refractivity contribution in [2.24, 2.45) is 12.2 Å². The quantitative estimate of drug-likeness (QED) is 0.722. The molecule has 0 aliphatic heterocycles. The van der Waals surface area contributed by atoms with Crippen LogP contribution in [0.1, 0.15) is 21.7 Å². The zero-order valence-electron chi connectivity index (χ0n) is 14.2. The SMILES string of the molecule is Cc1nn(C)c(C)c1NC(=O)COC(=O)c1cc(S(N)(=O)=O)ccc1Cl. The van der Waals surface area contributed by atoms with E-state index >= 15 is 0 Å². The topological polar surface area (TPSA) is 133 Å². The van der Waals surface area contributed by atoms with Gasteiger partial charge in [-0.15, -0.1) is 0 Å². The van der Waals surface area contributed by atoms with Gasteiger partial charge in [0.25, 0.3) is 5.91 Å². The molecule has 26 heavy (non-hydrogen) atoms. The zero-order chi connectivity index (χ0) is 19.6. The number of carbonyl (C=O) groups excluding carboxylic acids is 2. The number of sulfonamides is 1. The molecular weight excluding hydrogens is 384 g/mol. The van der Waals surface area contributed by atoms with E-state index in [1.807, 2.05) is 0 Å². The minimum absolute atomic E-state index is 0.0262. The summed E-state index contributed by atoms with van der Waals surface area (Å²) in [6.45, 7) is 2.93. The Morgan fingerprint density at radius 1 is 1.35 bits per heavy atom. The van der Waals surface area contributed by atoms with E-state index in [1.165, 1.54) is 6.07 Å². The van der Waals surface area contributed by atoms with Crippen molar-refractivity contribution in [3.05, 3.63) is 40.2 Å². The number of ether oxygens (including phenoxy) is 1. The van der Waals surface area contributed by atoms with E-state index in [-0.39, 0.29) is 15.5 Å². The van der Waals surface area contributed by atoms with Gasteiger partial charge in [0.2, 0.25) is 10.0 Å². The molecule has 0 spiro atoms. The Morgan fingerprint density at radius 2 is 2.00 bits per heavy atom. The van der Waals surface area contributed by atoms with Crippen molar-refractivity contribution in [1.29, 1.82) is 0 Å². The van der Waals surface area contributed by atoms with Gasteiger partial charge < -0.3 is 10.1 Å². The fraction of sp³-hybridized carbons (Fsp3) is 0.267. The van der Waals surface area contributed by atoms with Crippen LogP contribution in [0.3, 0.4) is 0 Å². The number of primary sulfonamides is 1. The van der Waals surface area contributed by atoms with Crippen LogP contribution in [0.2, 0.25) is 5.02 Å². The number of aromatic nitrogens is 2. The lowest BCUT2D eigenvalue weighted by Crippen LogP contribution is -2.22. The monoisotopic (exact) mass is 400 g/mol. The van der Waals surface area contributed by atoms with Crippen LogP contribution in [0, 0.1) is 13.8 Å². The number of rotatable bonds is 5. The third kappa shape index (κ3) is 4.40. The van der Waals surface area contributed by atoms with Crippen LogP contribution in [0.4, 0.5) is 5.69 Å². The lowest BCUT2D eigenvalue weighted by molar-refractivity contribution is -0.119. The number of halogens is 1. The fourth-order valence-corrected chi connectivity index (χ4v) is 2.91. The number of nitrogens with two attached hydrogens (primary N) is 1. The summed E-state index contributed by atoms with van der Waals surface area (Å²) in [6.07, 6.45) is 0. The Hall–Kier alpha value is -2.43. The maximum absolute atomic E-state index is 12.1. The second-order valence-electron chi connectivity index (χ2n) is 5.48. The molecule has 9 nitrogen and oxygen atoms in total. The van der Waals surface area contributed by atoms with Crippen LogP contribution in [0.5, 0.6) is 0 Å². The summed E-state index contributed by atoms with van der Waals surface area (Å²) in [6, 6.07) is 3.36. The molecular formula is C15H17ClN4O5S. The van der Waals surface area contributed by atoms with Gasteiger partial charge in [0.1, 0.15) is 0 Å². The van der Waals surface area contributed by atoms with Gasteiger partial charge in [-0.05, 0) is 32.0 Å². The molecule has 1 aromatic carbocycles. The number of esters is 1. The Kier molecular flexibility index (Phi) is 5.69. The van der Waals surface area contributed by atoms with Gasteiger partial charge >= 0.3 is 5.97 Å². The summed E-state index contributed by atoms with van der Waals surface area (Å²) >= 11 is 5.88. The number of hydrogen-bond donors (Lipinski definition) is 2. The van der Waals surface area contributed by atoms with Gasteiger partial charge in [0.05, 0.1) is 32.6 Å². The molecule has 2 aromatic rings. The molecule has 0 aliphatic rings. The highest BCUT2D eigenvalue weighted by atomic mass is 35.5. The molecule has 0 radical (unpaired) electrons. The summed E-state index contributed by atoms with van der Waals surface area (Å²) < 4.78 is 29.2. The van der Waals surface area contributed by atoms with Crippen molar-refractivity contribution in [2.75, 3.05) is 11.9 Å². The van der Waals surface area contributed by atoms with Crippen LogP contribution in [0.15, 0.2) is 23.1 Å². The first kappa shape index (κ1) is 19.9. The van der Waals surface area contributed by atoms with Crippen molar-refractivity contribution in [3.63, 3.8) is 0 Å². The first-order chi connectivity index (χ1) is 12.0. The molecule has 0 fully saturated rings. The minimum atomic E-state index is -4.01. The summed E-state index contributed by atoms with van der Waals surface area (Å²) in [5, 5.41) is 11.8. The van der Waals surface area contributed by atoms with E-state index in [2.05, 4.69) is 10.4 Å². The second-order valence-corrected chi connectivity index (χ2v) is 7.45. The molecule has 1 heterocycles. The molecule has 0 bridgehead atoms. The number of nitrogens with one attached hydrogen (secondary N) is 1. The Bertz CT molecular complexity index is 984. The molecule has 140 valence electrons. The number of aryl methyl sites for hydroxylation is 2. The number of nitrogens with zero attached hydrogens (tertiary/aromatic N) is 2. The van der Waals surface area contributed by atoms with E-state index in [9.17, 15) is 18.0 Å². The Labute approximate surface area is 155 Å². The van der Waals surface area contributed by atoms with E-state index in [0.717, 1.165) is 17.8 Å². The average Bonchev–Trinajstić information content (AvgIpc) is 2.78. The number of carbonyl (C=O) groups is 2. The largest absolute Gasteiger partial charge is 0.452 e. The number of anilines is 1. The van der Waals surface area contributed by atoms with Gasteiger partial charge in [-0.3, -0.25) is 9.48 Å². The maximum Gasteiger partial charge on any atom is 0.340 e. The fourth-order valence-electron chi connectivity index (χ4n) is 2.18. The van der Waals surface area contributed by atoms with Gasteiger partial charge in [0.15, 0.2) is 6.61 Å². The predicted molar refractivity (Wildman–Crippen MR) is 94.4 cm³/mol. The van der Waals surface area contributed by atoms with Crippen LogP contribution in [0.25, 0.3) is 0 Å². The molecule has 0 unspecified atom stereocenters. The Balaban J connectivity index is 2.08. The van der Waals surface area contributed by atoms with E-state index in [1.54, 1.807) is 25.6 Å². The van der Waals surface area contributed by atoms with Crippen LogP contribution in [-0.2, 0) is 26.6 Å². The molecule has 1 amide bonds. The smallest absolute Gasteiger partial charge is 0.340 e. The molecule has 0 saturated heterocycles. The molecule has 11 heteroatoms. The van der Waals surface area contributed by atoms with Crippen molar-refractivity contribution >= 4 is 39.2 Å². The van der Waals surface area contributed by atoms with Crippen LogP contribution < -0.4 is 10.5 Å². The lowest BCUT2D eigenvalue weighted by Gasteiger charge is -2.09. The van der Waals surface area contributed by atoms with Gasteiger partial charge in [0, 0.05) is 7.05 Å². The Morgan fingerprint density at radius 3 is 2.54 bits per heavy atom. The third-order valence-corrected chi connectivity index (χ3v) is 4.83. The summed E-state index contributed by atoms with van der Waals surface area (Å²) in [5.74, 6) is -1.52. The first-order valence-electron chi connectivity index (χ1n) is 7.30. The molecule has 0 saturated carbocycles. The van der Waals surface area contributed by atoms with Crippen molar-refractivity contribution in [3.8, 4) is 0 Å². The van der Waals surface area contributed by atoms with Gasteiger partial charge in [-0.2, -0.15) is 5.10 Å². The minimum Gasteiger partial charge on any atom is -0.452 e. The van der Waals surface area contributed by atoms with Gasteiger partial charge in [-0.25, -0.2) is 18.4 Å². The summed E-state index contributed by atoms with van der Waals surface area (Å²) in [7, 11) is -2.28. The lowest BCUT2D eigenvalue weighted by atomic mass is 10.2. The molecule has 0 atom stereocenters. The highest BCUT2D eigenvalue weighted by Gasteiger charge is 2.19. The van der Waals surface area contributed by atoms with E-state index in [4.69, 9.17) is 21.5 Å². The summed E-state index contributed by atoms with van der Waals surface area (Å²) in [4.78, 5) is 23.8. The number of hydrogen-bond acceptors (Lipinski definition) is 6. The normalized spacial score (nSPS) is 11.3. The van der Waals surface area contributed by atoms with E-state index in [0.29, 0.717) is 11.4 Å². The van der Waals surface area contributed by atoms with Crippen LogP contribution >= 0.6 is 11.6 Å². The third-order valence-electron chi connectivity index (χ3n) is 3.59. The molecule has 0 aliphatic carbocycles. The highest BCUT2D eigenvalue weighted by Crippen LogP contribution is 2.21. The van der Waals surface area contributed by atoms with Crippen LogP contribution in [-0.4, -0.2) is 36.7 Å². The summed E-state index contributed by atoms with van der Waals surface area (Å²) in [5.41, 5.74) is 1.68. The molecule has 2 rings (SSSR count). The maximum atomic E-state index is 12.1. The van der Waals surface area contributed by atoms with Crippen molar-refractivity contribution in [2.45, 2.75) is 18.7 Å². The molecule has 3 N–H and O–H groups in total. The number of amides is 1. The second kappa shape index (κ2) is 7.44. The predicted octanol–water partition coefficient (Wildman–Crippen LogP) is 1.13. The van der Waals surface area contributed by atoms with Crippen molar-refractivity contribution in [1.82, 2.24) is 9.78 Å². The molecule has 1 aromatic heterocycles. The average molecular weight is 401 g/mol. The van der Waals surface area contributed by atoms with E-state index < -0.39 is 28.5 Å².